The Morgan fingerprint density at radius 3 is 2.71 bits per heavy atom. The standard InChI is InChI=1S/C21H25N5O5/c1-11-10-26(18(28)9-15(11)24(2)21(30)31)12-4-5-13-16(8-12)25(3)23-19(13)14-6-7-17(27)22-20(14)29/h4-5,8,11,14-15H,6-7,9-10H2,1-3H3,(H,30,31)(H,22,27,29)/t11-,14?,15+/m0/s1. The third-order valence-corrected chi connectivity index (χ3v) is 6.36. The summed E-state index contributed by atoms with van der Waals surface area (Å²) in [5, 5.41) is 17.0. The molecule has 2 aliphatic heterocycles. The van der Waals surface area contributed by atoms with Crippen LogP contribution in [0, 0.1) is 5.92 Å². The van der Waals surface area contributed by atoms with Gasteiger partial charge < -0.3 is 14.9 Å². The molecule has 3 heterocycles. The minimum atomic E-state index is -1.05. The molecule has 1 unspecified atom stereocenters. The third kappa shape index (κ3) is 3.62. The lowest BCUT2D eigenvalue weighted by molar-refractivity contribution is -0.134. The first-order chi connectivity index (χ1) is 14.7. The molecule has 2 aromatic rings. The van der Waals surface area contributed by atoms with Gasteiger partial charge in [0, 0.05) is 50.6 Å². The molecule has 1 aromatic heterocycles. The molecule has 4 rings (SSSR count). The largest absolute Gasteiger partial charge is 0.465 e. The van der Waals surface area contributed by atoms with Gasteiger partial charge >= 0.3 is 6.09 Å². The van der Waals surface area contributed by atoms with Gasteiger partial charge in [-0.15, -0.1) is 0 Å². The SMILES string of the molecule is C[C@H]1CN(c2ccc3c(C4CCC(=O)NC4=O)nn(C)c3c2)C(=O)C[C@H]1N(C)C(=O)O. The molecule has 10 heteroatoms. The maximum Gasteiger partial charge on any atom is 0.407 e. The molecule has 164 valence electrons. The van der Waals surface area contributed by atoms with Gasteiger partial charge in [-0.1, -0.05) is 6.92 Å². The second-order valence-corrected chi connectivity index (χ2v) is 8.36. The van der Waals surface area contributed by atoms with E-state index in [1.54, 1.807) is 16.6 Å². The van der Waals surface area contributed by atoms with Crippen LogP contribution in [0.15, 0.2) is 18.2 Å². The van der Waals surface area contributed by atoms with Crippen LogP contribution in [0.25, 0.3) is 10.9 Å². The van der Waals surface area contributed by atoms with E-state index in [2.05, 4.69) is 10.4 Å². The highest BCUT2D eigenvalue weighted by Gasteiger charge is 2.37. The van der Waals surface area contributed by atoms with Crippen LogP contribution in [0.4, 0.5) is 10.5 Å². The summed E-state index contributed by atoms with van der Waals surface area (Å²) in [6.07, 6.45) is -0.234. The van der Waals surface area contributed by atoms with Gasteiger partial charge in [0.05, 0.1) is 17.1 Å². The molecule has 0 aliphatic carbocycles. The first-order valence-electron chi connectivity index (χ1n) is 10.2. The van der Waals surface area contributed by atoms with Crippen molar-refractivity contribution < 1.29 is 24.3 Å². The smallest absolute Gasteiger partial charge is 0.407 e. The fourth-order valence-electron chi connectivity index (χ4n) is 4.57. The van der Waals surface area contributed by atoms with Crippen molar-refractivity contribution >= 4 is 40.4 Å². The van der Waals surface area contributed by atoms with E-state index in [4.69, 9.17) is 0 Å². The van der Waals surface area contributed by atoms with Crippen LogP contribution in [0.1, 0.15) is 37.8 Å². The number of amides is 4. The van der Waals surface area contributed by atoms with Crippen molar-refractivity contribution in [3.63, 3.8) is 0 Å². The summed E-state index contributed by atoms with van der Waals surface area (Å²) in [5.41, 5.74) is 2.11. The summed E-state index contributed by atoms with van der Waals surface area (Å²) in [5.74, 6) is -1.26. The van der Waals surface area contributed by atoms with E-state index in [-0.39, 0.29) is 42.5 Å². The van der Waals surface area contributed by atoms with Gasteiger partial charge in [0.25, 0.3) is 0 Å². The molecule has 2 N–H and O–H groups in total. The Morgan fingerprint density at radius 1 is 1.29 bits per heavy atom. The number of rotatable bonds is 3. The number of carbonyl (C=O) groups is 4. The van der Waals surface area contributed by atoms with Crippen molar-refractivity contribution in [1.29, 1.82) is 0 Å². The minimum absolute atomic E-state index is 0.0277. The molecule has 1 aromatic carbocycles. The van der Waals surface area contributed by atoms with Crippen molar-refractivity contribution in [3.8, 4) is 0 Å². The Labute approximate surface area is 178 Å². The zero-order valence-corrected chi connectivity index (χ0v) is 17.7. The number of hydrogen-bond donors (Lipinski definition) is 2. The normalized spacial score (nSPS) is 24.4. The van der Waals surface area contributed by atoms with Gasteiger partial charge in [-0.05, 0) is 30.5 Å². The van der Waals surface area contributed by atoms with E-state index >= 15 is 0 Å². The topological polar surface area (TPSA) is 125 Å². The second-order valence-electron chi connectivity index (χ2n) is 8.36. The van der Waals surface area contributed by atoms with E-state index < -0.39 is 12.0 Å². The highest BCUT2D eigenvalue weighted by molar-refractivity contribution is 6.03. The first-order valence-corrected chi connectivity index (χ1v) is 10.2. The molecule has 31 heavy (non-hydrogen) atoms. The molecule has 2 aliphatic rings. The Kier molecular flexibility index (Phi) is 5.16. The van der Waals surface area contributed by atoms with E-state index in [1.807, 2.05) is 25.1 Å². The molecule has 0 spiro atoms. The number of hydrogen-bond acceptors (Lipinski definition) is 5. The number of nitrogens with one attached hydrogen (secondary N) is 1. The average Bonchev–Trinajstić information content (AvgIpc) is 3.04. The molecule has 3 atom stereocenters. The van der Waals surface area contributed by atoms with Crippen LogP contribution in [0.2, 0.25) is 0 Å². The van der Waals surface area contributed by atoms with Gasteiger partial charge in [0.1, 0.15) is 0 Å². The van der Waals surface area contributed by atoms with Crippen LogP contribution in [-0.4, -0.2) is 63.2 Å². The zero-order chi connectivity index (χ0) is 22.4. The third-order valence-electron chi connectivity index (χ3n) is 6.36. The number of piperidine rings is 2. The molecule has 0 radical (unpaired) electrons. The van der Waals surface area contributed by atoms with Gasteiger partial charge in [0.2, 0.25) is 17.7 Å². The molecule has 10 nitrogen and oxygen atoms in total. The van der Waals surface area contributed by atoms with Crippen LogP contribution in [0.5, 0.6) is 0 Å². The minimum Gasteiger partial charge on any atom is -0.465 e. The highest BCUT2D eigenvalue weighted by atomic mass is 16.4. The van der Waals surface area contributed by atoms with Gasteiger partial charge in [-0.25, -0.2) is 4.79 Å². The lowest BCUT2D eigenvalue weighted by Gasteiger charge is -2.39. The average molecular weight is 427 g/mol. The van der Waals surface area contributed by atoms with Crippen molar-refractivity contribution in [3.05, 3.63) is 23.9 Å². The second kappa shape index (κ2) is 7.68. The van der Waals surface area contributed by atoms with Crippen molar-refractivity contribution in [2.75, 3.05) is 18.5 Å². The van der Waals surface area contributed by atoms with E-state index in [0.717, 1.165) is 10.9 Å². The van der Waals surface area contributed by atoms with E-state index in [0.29, 0.717) is 24.3 Å². The van der Waals surface area contributed by atoms with E-state index in [9.17, 15) is 24.3 Å². The predicted octanol–water partition coefficient (Wildman–Crippen LogP) is 1.44. The molecule has 2 saturated heterocycles. The van der Waals surface area contributed by atoms with Crippen LogP contribution in [0.3, 0.4) is 0 Å². The van der Waals surface area contributed by atoms with Crippen LogP contribution < -0.4 is 10.2 Å². The number of benzene rings is 1. The Bertz CT molecular complexity index is 1090. The summed E-state index contributed by atoms with van der Waals surface area (Å²) in [6.45, 7) is 2.34. The molecule has 0 bridgehead atoms. The van der Waals surface area contributed by atoms with Crippen LogP contribution in [-0.2, 0) is 21.4 Å². The molecule has 2 fully saturated rings. The Hall–Kier alpha value is -3.43. The maximum absolute atomic E-state index is 12.8. The number of imide groups is 1. The monoisotopic (exact) mass is 427 g/mol. The van der Waals surface area contributed by atoms with Gasteiger partial charge in [-0.2, -0.15) is 5.10 Å². The Balaban J connectivity index is 1.63. The number of anilines is 1. The molecular weight excluding hydrogens is 402 g/mol. The summed E-state index contributed by atoms with van der Waals surface area (Å²) < 4.78 is 1.68. The summed E-state index contributed by atoms with van der Waals surface area (Å²) in [4.78, 5) is 50.8. The fraction of sp³-hybridized carbons (Fsp3) is 0.476. The molecule has 4 amide bonds. The first kappa shape index (κ1) is 20.8. The quantitative estimate of drug-likeness (QED) is 0.714. The summed E-state index contributed by atoms with van der Waals surface area (Å²) in [7, 11) is 3.27. The van der Waals surface area contributed by atoms with Crippen molar-refractivity contribution in [1.82, 2.24) is 20.0 Å². The highest BCUT2D eigenvalue weighted by Crippen LogP contribution is 2.34. The van der Waals surface area contributed by atoms with Gasteiger partial charge in [-0.3, -0.25) is 24.4 Å². The number of aromatic nitrogens is 2. The lowest BCUT2D eigenvalue weighted by Crippen LogP contribution is -2.53. The maximum atomic E-state index is 12.8. The predicted molar refractivity (Wildman–Crippen MR) is 112 cm³/mol. The fourth-order valence-corrected chi connectivity index (χ4v) is 4.57. The lowest BCUT2D eigenvalue weighted by atomic mass is 9.91. The van der Waals surface area contributed by atoms with Crippen molar-refractivity contribution in [2.24, 2.45) is 13.0 Å². The zero-order valence-electron chi connectivity index (χ0n) is 17.7. The number of nitrogens with zero attached hydrogens (tertiary/aromatic N) is 4. The summed E-state index contributed by atoms with van der Waals surface area (Å²) in [6, 6.07) is 5.18. The molecule has 0 saturated carbocycles. The molecular formula is C21H25N5O5. The number of carbonyl (C=O) groups excluding carboxylic acids is 3. The number of fused-ring (bicyclic) bond motifs is 1. The van der Waals surface area contributed by atoms with Crippen LogP contribution >= 0.6 is 0 Å². The number of aryl methyl sites for hydroxylation is 1. The van der Waals surface area contributed by atoms with Gasteiger partial charge in [0.15, 0.2) is 0 Å². The summed E-state index contributed by atoms with van der Waals surface area (Å²) >= 11 is 0. The van der Waals surface area contributed by atoms with E-state index in [1.165, 1.54) is 11.9 Å². The number of carboxylic acid groups (broad SMARTS) is 1. The van der Waals surface area contributed by atoms with Crippen molar-refractivity contribution in [2.45, 2.75) is 38.1 Å². The Morgan fingerprint density at radius 2 is 2.03 bits per heavy atom.